The summed E-state index contributed by atoms with van der Waals surface area (Å²) in [6.45, 7) is 4.27. The van der Waals surface area contributed by atoms with Crippen molar-refractivity contribution in [3.8, 4) is 6.07 Å². The van der Waals surface area contributed by atoms with Crippen LogP contribution in [0.3, 0.4) is 0 Å². The third kappa shape index (κ3) is 3.42. The second-order valence-electron chi connectivity index (χ2n) is 4.60. The molecule has 0 saturated heterocycles. The topological polar surface area (TPSA) is 40.9 Å². The van der Waals surface area contributed by atoms with Gasteiger partial charge in [-0.1, -0.05) is 20.3 Å². The number of nitriles is 1. The largest absolute Gasteiger partial charge is 0.260 e. The first-order valence-electron chi connectivity index (χ1n) is 5.34. The van der Waals surface area contributed by atoms with E-state index in [1.807, 2.05) is 0 Å². The summed E-state index contributed by atoms with van der Waals surface area (Å²) in [7, 11) is -0.710. The Morgan fingerprint density at radius 2 is 2.21 bits per heavy atom. The zero-order chi connectivity index (χ0) is 10.6. The highest BCUT2D eigenvalue weighted by Gasteiger charge is 2.43. The molecule has 3 heteroatoms. The summed E-state index contributed by atoms with van der Waals surface area (Å²) >= 11 is 0. The number of hydrogen-bond acceptors (Lipinski definition) is 2. The quantitative estimate of drug-likeness (QED) is 0.680. The molecule has 0 aromatic carbocycles. The van der Waals surface area contributed by atoms with Gasteiger partial charge in [0.2, 0.25) is 0 Å². The molecule has 2 atom stereocenters. The predicted octanol–water partition coefficient (Wildman–Crippen LogP) is 2.48. The van der Waals surface area contributed by atoms with Gasteiger partial charge in [-0.15, -0.1) is 0 Å². The van der Waals surface area contributed by atoms with E-state index in [1.54, 1.807) is 0 Å². The van der Waals surface area contributed by atoms with Gasteiger partial charge < -0.3 is 0 Å². The highest BCUT2D eigenvalue weighted by Crippen LogP contribution is 2.49. The lowest BCUT2D eigenvalue weighted by Crippen LogP contribution is -2.17. The molecule has 1 aliphatic carbocycles. The Morgan fingerprint density at radius 3 is 2.64 bits per heavy atom. The molecule has 1 aliphatic rings. The molecule has 1 rings (SSSR count). The van der Waals surface area contributed by atoms with Gasteiger partial charge in [0, 0.05) is 28.7 Å². The van der Waals surface area contributed by atoms with Crippen molar-refractivity contribution in [1.29, 1.82) is 5.26 Å². The molecule has 0 aliphatic heterocycles. The van der Waals surface area contributed by atoms with Crippen LogP contribution in [0.1, 0.15) is 39.5 Å². The van der Waals surface area contributed by atoms with Gasteiger partial charge in [0.1, 0.15) is 0 Å². The van der Waals surface area contributed by atoms with Crippen LogP contribution >= 0.6 is 0 Å². The maximum atomic E-state index is 11.7. The molecule has 0 radical (unpaired) electrons. The van der Waals surface area contributed by atoms with Crippen LogP contribution in [0.5, 0.6) is 0 Å². The molecular weight excluding hydrogens is 194 g/mol. The van der Waals surface area contributed by atoms with E-state index in [2.05, 4.69) is 19.9 Å². The van der Waals surface area contributed by atoms with Crippen molar-refractivity contribution in [1.82, 2.24) is 0 Å². The minimum Gasteiger partial charge on any atom is -0.260 e. The van der Waals surface area contributed by atoms with Gasteiger partial charge in [0.05, 0.1) is 6.07 Å². The normalized spacial score (nSPS) is 22.4. The van der Waals surface area contributed by atoms with Crippen LogP contribution < -0.4 is 0 Å². The smallest absolute Gasteiger partial charge is 0.0627 e. The first-order chi connectivity index (χ1) is 6.62. The number of hydrogen-bond donors (Lipinski definition) is 0. The molecule has 0 bridgehead atoms. The van der Waals surface area contributed by atoms with Crippen LogP contribution in [-0.2, 0) is 10.8 Å². The third-order valence-corrected chi connectivity index (χ3v) is 4.92. The van der Waals surface area contributed by atoms with Crippen LogP contribution in [0.25, 0.3) is 0 Å². The average Bonchev–Trinajstić information content (AvgIpc) is 2.85. The molecule has 2 unspecified atom stereocenters. The Balaban J connectivity index is 2.31. The van der Waals surface area contributed by atoms with Crippen molar-refractivity contribution in [3.05, 3.63) is 0 Å². The molecule has 0 spiro atoms. The molecule has 0 N–H and O–H groups in total. The maximum absolute atomic E-state index is 11.7. The molecule has 0 amide bonds. The summed E-state index contributed by atoms with van der Waals surface area (Å²) in [6.07, 6.45) is 3.90. The summed E-state index contributed by atoms with van der Waals surface area (Å²) in [5, 5.41) is 8.63. The maximum Gasteiger partial charge on any atom is 0.0627 e. The van der Waals surface area contributed by atoms with Crippen molar-refractivity contribution in [2.75, 3.05) is 11.5 Å². The van der Waals surface area contributed by atoms with E-state index in [1.165, 1.54) is 0 Å². The fraction of sp³-hybridized carbons (Fsp3) is 0.909. The summed E-state index contributed by atoms with van der Waals surface area (Å²) in [5.74, 6) is 2.11. The monoisotopic (exact) mass is 213 g/mol. The Labute approximate surface area is 89.1 Å². The van der Waals surface area contributed by atoms with Crippen molar-refractivity contribution in [2.24, 2.45) is 11.3 Å². The highest BCUT2D eigenvalue weighted by molar-refractivity contribution is 7.85. The molecule has 2 nitrogen and oxygen atoms in total. The number of nitrogens with zero attached hydrogens (tertiary/aromatic N) is 1. The summed E-state index contributed by atoms with van der Waals surface area (Å²) in [5.41, 5.74) is 0.146. The van der Waals surface area contributed by atoms with Gasteiger partial charge in [-0.2, -0.15) is 5.26 Å². The van der Waals surface area contributed by atoms with Crippen LogP contribution in [-0.4, -0.2) is 15.7 Å². The molecule has 0 heterocycles. The van der Waals surface area contributed by atoms with E-state index in [0.717, 1.165) is 30.8 Å². The Morgan fingerprint density at radius 1 is 1.57 bits per heavy atom. The lowest BCUT2D eigenvalue weighted by atomic mass is 10.1. The first kappa shape index (κ1) is 11.7. The highest BCUT2D eigenvalue weighted by atomic mass is 32.2. The van der Waals surface area contributed by atoms with Crippen LogP contribution in [0, 0.1) is 22.7 Å². The minimum atomic E-state index is -0.710. The zero-order valence-electron chi connectivity index (χ0n) is 9.08. The SMILES string of the molecule is CCC(C)CS(=O)CC1(CC#N)CC1. The van der Waals surface area contributed by atoms with Crippen LogP contribution in [0.4, 0.5) is 0 Å². The third-order valence-electron chi connectivity index (χ3n) is 3.05. The fourth-order valence-electron chi connectivity index (χ4n) is 1.55. The van der Waals surface area contributed by atoms with Crippen LogP contribution in [0.2, 0.25) is 0 Å². The molecule has 1 saturated carbocycles. The summed E-state index contributed by atoms with van der Waals surface area (Å²) in [4.78, 5) is 0. The molecule has 14 heavy (non-hydrogen) atoms. The van der Waals surface area contributed by atoms with E-state index >= 15 is 0 Å². The van der Waals surface area contributed by atoms with E-state index in [0.29, 0.717) is 12.3 Å². The van der Waals surface area contributed by atoms with Gasteiger partial charge in [0.25, 0.3) is 0 Å². The first-order valence-corrected chi connectivity index (χ1v) is 6.82. The average molecular weight is 213 g/mol. The Hall–Kier alpha value is -0.360. The molecular formula is C11H19NOS. The number of rotatable bonds is 6. The lowest BCUT2D eigenvalue weighted by molar-refractivity contribution is 0.574. The predicted molar refractivity (Wildman–Crippen MR) is 59.2 cm³/mol. The van der Waals surface area contributed by atoms with Gasteiger partial charge in [-0.05, 0) is 24.2 Å². The van der Waals surface area contributed by atoms with Crippen molar-refractivity contribution < 1.29 is 4.21 Å². The van der Waals surface area contributed by atoms with Gasteiger partial charge in [0.15, 0.2) is 0 Å². The van der Waals surface area contributed by atoms with Crippen molar-refractivity contribution in [2.45, 2.75) is 39.5 Å². The molecule has 80 valence electrons. The van der Waals surface area contributed by atoms with E-state index < -0.39 is 10.8 Å². The van der Waals surface area contributed by atoms with E-state index in [4.69, 9.17) is 5.26 Å². The second-order valence-corrected chi connectivity index (χ2v) is 6.10. The molecule has 0 aromatic rings. The van der Waals surface area contributed by atoms with Crippen molar-refractivity contribution >= 4 is 10.8 Å². The van der Waals surface area contributed by atoms with Gasteiger partial charge in [-0.25, -0.2) is 0 Å². The van der Waals surface area contributed by atoms with Gasteiger partial charge >= 0.3 is 0 Å². The molecule has 0 aromatic heterocycles. The van der Waals surface area contributed by atoms with Gasteiger partial charge in [-0.3, -0.25) is 4.21 Å². The Kier molecular flexibility index (Phi) is 4.12. The van der Waals surface area contributed by atoms with E-state index in [-0.39, 0.29) is 5.41 Å². The summed E-state index contributed by atoms with van der Waals surface area (Å²) in [6, 6.07) is 2.21. The minimum absolute atomic E-state index is 0.146. The van der Waals surface area contributed by atoms with E-state index in [9.17, 15) is 4.21 Å². The van der Waals surface area contributed by atoms with Crippen LogP contribution in [0.15, 0.2) is 0 Å². The zero-order valence-corrected chi connectivity index (χ0v) is 9.90. The second kappa shape index (κ2) is 4.93. The Bertz CT molecular complexity index is 253. The summed E-state index contributed by atoms with van der Waals surface area (Å²) < 4.78 is 11.7. The standard InChI is InChI=1S/C11H19NOS/c1-3-10(2)8-14(13)9-11(4-5-11)6-7-12/h10H,3-6,8-9H2,1-2H3. The lowest BCUT2D eigenvalue weighted by Gasteiger charge is -2.12. The van der Waals surface area contributed by atoms with Crippen molar-refractivity contribution in [3.63, 3.8) is 0 Å². The molecule has 1 fully saturated rings. The fourth-order valence-corrected chi connectivity index (χ4v) is 3.61.